The van der Waals surface area contributed by atoms with E-state index in [0.29, 0.717) is 24.9 Å². The number of benzene rings is 2. The van der Waals surface area contributed by atoms with Crippen molar-refractivity contribution in [2.45, 2.75) is 38.8 Å². The summed E-state index contributed by atoms with van der Waals surface area (Å²) in [5, 5.41) is 7.29. The lowest BCUT2D eigenvalue weighted by Gasteiger charge is -2.50. The van der Waals surface area contributed by atoms with E-state index in [1.54, 1.807) is 59.4 Å². The first-order valence-corrected chi connectivity index (χ1v) is 12.8. The molecule has 1 fully saturated rings. The van der Waals surface area contributed by atoms with Crippen LogP contribution in [0.1, 0.15) is 37.4 Å². The molecular formula is C30H27F4N3O. The van der Waals surface area contributed by atoms with Crippen LogP contribution in [0.4, 0.5) is 23.2 Å². The molecule has 0 unspecified atom stereocenters. The fourth-order valence-corrected chi connectivity index (χ4v) is 6.68. The van der Waals surface area contributed by atoms with Gasteiger partial charge >= 0.3 is 6.18 Å². The van der Waals surface area contributed by atoms with Gasteiger partial charge in [0.15, 0.2) is 0 Å². The fraction of sp³-hybridized carbons (Fsp3) is 0.333. The first-order valence-electron chi connectivity index (χ1n) is 12.8. The zero-order valence-electron chi connectivity index (χ0n) is 20.8. The number of hydrogen-bond acceptors (Lipinski definition) is 2. The lowest BCUT2D eigenvalue weighted by molar-refractivity contribution is -0.196. The smallest absolute Gasteiger partial charge is 0.326 e. The predicted molar refractivity (Wildman–Crippen MR) is 137 cm³/mol. The molecule has 6 rings (SSSR count). The summed E-state index contributed by atoms with van der Waals surface area (Å²) in [6.45, 7) is 2.08. The number of nitrogens with zero attached hydrogens (tertiary/aromatic N) is 2. The molecule has 8 heteroatoms. The number of anilines is 1. The van der Waals surface area contributed by atoms with Gasteiger partial charge in [-0.15, -0.1) is 0 Å². The molecular weight excluding hydrogens is 494 g/mol. The molecule has 2 aromatic carbocycles. The van der Waals surface area contributed by atoms with Crippen LogP contribution in [0.2, 0.25) is 0 Å². The molecule has 38 heavy (non-hydrogen) atoms. The van der Waals surface area contributed by atoms with Crippen molar-refractivity contribution in [3.8, 4) is 5.69 Å². The minimum Gasteiger partial charge on any atom is -0.326 e. The SMILES string of the molecule is C[C@]12Cc3cnn(-c4ccc(F)cc4)c3C=C1CC[C@H]1C2=CC[C@@H](C(F)(F)F)[C@@H]1C(=O)Nc1ccccc1. The van der Waals surface area contributed by atoms with Gasteiger partial charge in [0.25, 0.3) is 0 Å². The number of hydrogen-bond donors (Lipinski definition) is 1. The maximum Gasteiger partial charge on any atom is 0.392 e. The Morgan fingerprint density at radius 3 is 2.55 bits per heavy atom. The predicted octanol–water partition coefficient (Wildman–Crippen LogP) is 7.13. The molecule has 0 spiro atoms. The Bertz CT molecular complexity index is 1440. The average Bonchev–Trinajstić information content (AvgIpc) is 3.29. The van der Waals surface area contributed by atoms with Crippen molar-refractivity contribution in [1.29, 1.82) is 0 Å². The van der Waals surface area contributed by atoms with Crippen LogP contribution in [0.25, 0.3) is 11.8 Å². The van der Waals surface area contributed by atoms with Crippen molar-refractivity contribution < 1.29 is 22.4 Å². The zero-order valence-corrected chi connectivity index (χ0v) is 20.8. The number of alkyl halides is 3. The highest BCUT2D eigenvalue weighted by Gasteiger charge is 2.56. The second kappa shape index (κ2) is 8.96. The molecule has 3 aliphatic carbocycles. The Kier molecular flexibility index (Phi) is 5.81. The highest BCUT2D eigenvalue weighted by Crippen LogP contribution is 2.59. The molecule has 4 atom stereocenters. The normalized spacial score (nSPS) is 26.4. The van der Waals surface area contributed by atoms with Crippen molar-refractivity contribution in [1.82, 2.24) is 9.78 Å². The highest BCUT2D eigenvalue weighted by molar-refractivity contribution is 5.93. The molecule has 1 amide bonds. The van der Waals surface area contributed by atoms with Crippen LogP contribution in [-0.2, 0) is 11.2 Å². The maximum atomic E-state index is 14.2. The van der Waals surface area contributed by atoms with Crippen LogP contribution < -0.4 is 5.32 Å². The standard InChI is InChI=1S/C30H27F4N3O/c1-29-16-18-17-35-37(22-10-8-20(31)9-11-22)26(18)15-19(29)7-12-23-24(29)13-14-25(30(32,33)34)27(23)28(38)36-21-5-3-2-4-6-21/h2-6,8-11,13,15,17,23,25,27H,7,12,14,16H2,1H3,(H,36,38)/t23-,25+,27+,29-/m0/s1. The Hall–Kier alpha value is -3.68. The van der Waals surface area contributed by atoms with Gasteiger partial charge in [-0.3, -0.25) is 4.79 Å². The number of carbonyl (C=O) groups is 1. The summed E-state index contributed by atoms with van der Waals surface area (Å²) >= 11 is 0. The van der Waals surface area contributed by atoms with Crippen LogP contribution in [-0.4, -0.2) is 21.9 Å². The number of nitrogens with one attached hydrogen (secondary N) is 1. The van der Waals surface area contributed by atoms with Gasteiger partial charge < -0.3 is 5.32 Å². The minimum absolute atomic E-state index is 0.215. The largest absolute Gasteiger partial charge is 0.392 e. The maximum absolute atomic E-state index is 14.2. The van der Waals surface area contributed by atoms with E-state index in [9.17, 15) is 22.4 Å². The Morgan fingerprint density at radius 1 is 1.11 bits per heavy atom. The summed E-state index contributed by atoms with van der Waals surface area (Å²) in [6, 6.07) is 14.8. The molecule has 0 aliphatic heterocycles. The van der Waals surface area contributed by atoms with E-state index in [-0.39, 0.29) is 12.2 Å². The van der Waals surface area contributed by atoms with Crippen molar-refractivity contribution >= 4 is 17.7 Å². The Morgan fingerprint density at radius 2 is 1.84 bits per heavy atom. The first kappa shape index (κ1) is 24.6. The van der Waals surface area contributed by atoms with E-state index in [1.807, 2.05) is 0 Å². The lowest BCUT2D eigenvalue weighted by atomic mass is 9.54. The van der Waals surface area contributed by atoms with E-state index in [0.717, 1.165) is 28.1 Å². The summed E-state index contributed by atoms with van der Waals surface area (Å²) in [5.74, 6) is -4.33. The third-order valence-corrected chi connectivity index (χ3v) is 8.51. The lowest BCUT2D eigenvalue weighted by Crippen LogP contribution is -2.49. The van der Waals surface area contributed by atoms with Crippen molar-refractivity contribution in [3.05, 3.63) is 95.1 Å². The third-order valence-electron chi connectivity index (χ3n) is 8.51. The van der Waals surface area contributed by atoms with Gasteiger partial charge in [-0.2, -0.15) is 18.3 Å². The Balaban J connectivity index is 1.36. The van der Waals surface area contributed by atoms with Gasteiger partial charge in [-0.05, 0) is 79.6 Å². The van der Waals surface area contributed by atoms with Crippen LogP contribution in [0, 0.1) is 29.0 Å². The van der Waals surface area contributed by atoms with Gasteiger partial charge in [-0.25, -0.2) is 9.07 Å². The fourth-order valence-electron chi connectivity index (χ4n) is 6.68. The summed E-state index contributed by atoms with van der Waals surface area (Å²) in [6.07, 6.45) is 2.56. The number of rotatable bonds is 3. The summed E-state index contributed by atoms with van der Waals surface area (Å²) in [5.41, 5.74) is 4.68. The minimum atomic E-state index is -4.48. The number of allylic oxidation sites excluding steroid dienone is 3. The van der Waals surface area contributed by atoms with E-state index in [1.165, 1.54) is 12.1 Å². The number of carbonyl (C=O) groups excluding carboxylic acids is 1. The van der Waals surface area contributed by atoms with Crippen LogP contribution >= 0.6 is 0 Å². The zero-order chi connectivity index (χ0) is 26.7. The third kappa shape index (κ3) is 4.06. The average molecular weight is 522 g/mol. The molecule has 0 radical (unpaired) electrons. The Labute approximate surface area is 218 Å². The van der Waals surface area contributed by atoms with E-state index >= 15 is 0 Å². The van der Waals surface area contributed by atoms with Crippen LogP contribution in [0.5, 0.6) is 0 Å². The summed E-state index contributed by atoms with van der Waals surface area (Å²) in [4.78, 5) is 13.4. The second-order valence-electron chi connectivity index (χ2n) is 10.7. The molecule has 0 bridgehead atoms. The number of para-hydroxylation sites is 1. The van der Waals surface area contributed by atoms with Gasteiger partial charge in [0.05, 0.1) is 29.4 Å². The molecule has 1 aromatic heterocycles. The molecule has 1 heterocycles. The molecule has 0 saturated heterocycles. The molecule has 3 aliphatic rings. The monoisotopic (exact) mass is 521 g/mol. The van der Waals surface area contributed by atoms with E-state index in [4.69, 9.17) is 0 Å². The van der Waals surface area contributed by atoms with Crippen LogP contribution in [0.15, 0.2) is 78.0 Å². The molecule has 3 aromatic rings. The first-order chi connectivity index (χ1) is 18.1. The second-order valence-corrected chi connectivity index (χ2v) is 10.7. The molecule has 4 nitrogen and oxygen atoms in total. The van der Waals surface area contributed by atoms with Gasteiger partial charge in [0.1, 0.15) is 5.82 Å². The summed E-state index contributed by atoms with van der Waals surface area (Å²) in [7, 11) is 0. The van der Waals surface area contributed by atoms with Crippen molar-refractivity contribution in [3.63, 3.8) is 0 Å². The summed E-state index contributed by atoms with van der Waals surface area (Å²) < 4.78 is 57.9. The van der Waals surface area contributed by atoms with E-state index < -0.39 is 35.3 Å². The van der Waals surface area contributed by atoms with Crippen molar-refractivity contribution in [2.24, 2.45) is 23.2 Å². The number of amides is 1. The van der Waals surface area contributed by atoms with Gasteiger partial charge in [0.2, 0.25) is 5.91 Å². The quantitative estimate of drug-likeness (QED) is 0.294. The van der Waals surface area contributed by atoms with Crippen molar-refractivity contribution in [2.75, 3.05) is 5.32 Å². The van der Waals surface area contributed by atoms with Gasteiger partial charge in [0, 0.05) is 11.1 Å². The molecule has 196 valence electrons. The highest BCUT2D eigenvalue weighted by atomic mass is 19.4. The number of aromatic nitrogens is 2. The number of halogens is 4. The van der Waals surface area contributed by atoms with E-state index in [2.05, 4.69) is 23.4 Å². The van der Waals surface area contributed by atoms with Crippen LogP contribution in [0.3, 0.4) is 0 Å². The molecule has 1 saturated carbocycles. The topological polar surface area (TPSA) is 46.9 Å². The molecule has 1 N–H and O–H groups in total. The van der Waals surface area contributed by atoms with Gasteiger partial charge in [-0.1, -0.05) is 42.3 Å². The number of fused-ring (bicyclic) bond motifs is 4.